The van der Waals surface area contributed by atoms with E-state index in [1.54, 1.807) is 24.5 Å². The monoisotopic (exact) mass is 505 g/mol. The Bertz CT molecular complexity index is 948. The highest BCUT2D eigenvalue weighted by atomic mass is 79.9. The lowest BCUT2D eigenvalue weighted by molar-refractivity contribution is 0.102. The fourth-order valence-electron chi connectivity index (χ4n) is 3.99. The summed E-state index contributed by atoms with van der Waals surface area (Å²) in [6.07, 6.45) is 6.62. The van der Waals surface area contributed by atoms with Crippen molar-refractivity contribution >= 4 is 47.2 Å². The summed E-state index contributed by atoms with van der Waals surface area (Å²) in [6.45, 7) is 10.2. The van der Waals surface area contributed by atoms with Crippen molar-refractivity contribution in [3.63, 3.8) is 0 Å². The molecule has 0 bridgehead atoms. The number of nitrogens with two attached hydrogens (primary N) is 1. The molecule has 1 atom stereocenters. The second kappa shape index (κ2) is 9.26. The highest BCUT2D eigenvalue weighted by Gasteiger charge is 2.40. The minimum atomic E-state index is -2.26. The largest absolute Gasteiger partial charge is 0.432 e. The van der Waals surface area contributed by atoms with E-state index in [0.29, 0.717) is 21.9 Å². The Morgan fingerprint density at radius 1 is 1.39 bits per heavy atom. The first kappa shape index (κ1) is 23.7. The molecule has 0 aliphatic carbocycles. The van der Waals surface area contributed by atoms with Gasteiger partial charge in [-0.15, -0.1) is 0 Å². The lowest BCUT2D eigenvalue weighted by Gasteiger charge is -2.42. The van der Waals surface area contributed by atoms with E-state index < -0.39 is 8.32 Å². The molecule has 0 saturated carbocycles. The van der Waals surface area contributed by atoms with Gasteiger partial charge in [0.25, 0.3) is 5.91 Å². The van der Waals surface area contributed by atoms with Gasteiger partial charge in [0, 0.05) is 19.3 Å². The molecule has 2 aromatic heterocycles. The Labute approximate surface area is 193 Å². The summed E-state index contributed by atoms with van der Waals surface area (Å²) in [5, 5.41) is 2.88. The minimum absolute atomic E-state index is 0.0557. The topological polar surface area (TPSA) is 104 Å². The highest BCUT2D eigenvalue weighted by molar-refractivity contribution is 9.10. The number of carbonyl (C=O) groups excluding carboxylic acids is 1. The number of halogens is 1. The van der Waals surface area contributed by atoms with Crippen molar-refractivity contribution in [3.8, 4) is 0 Å². The maximum absolute atomic E-state index is 12.8. The Morgan fingerprint density at radius 3 is 2.84 bits per heavy atom. The summed E-state index contributed by atoms with van der Waals surface area (Å²) in [4.78, 5) is 34.3. The highest BCUT2D eigenvalue weighted by Crippen LogP contribution is 2.44. The van der Waals surface area contributed by atoms with Gasteiger partial charge in [0.15, 0.2) is 14.0 Å². The lowest BCUT2D eigenvalue weighted by Crippen LogP contribution is -2.43. The molecule has 1 aliphatic heterocycles. The number of nitrogens with zero attached hydrogens (tertiary/aromatic N) is 3. The van der Waals surface area contributed by atoms with E-state index in [2.05, 4.69) is 50.0 Å². The van der Waals surface area contributed by atoms with Gasteiger partial charge in [-0.25, -0.2) is 4.98 Å². The zero-order chi connectivity index (χ0) is 22.8. The van der Waals surface area contributed by atoms with Crippen LogP contribution in [0.3, 0.4) is 0 Å². The fourth-order valence-corrected chi connectivity index (χ4v) is 5.09. The van der Waals surface area contributed by atoms with E-state index in [-0.39, 0.29) is 16.6 Å². The summed E-state index contributed by atoms with van der Waals surface area (Å²) in [5.74, 6) is 0.123. The van der Waals surface area contributed by atoms with Crippen LogP contribution < -0.4 is 16.0 Å². The van der Waals surface area contributed by atoms with Crippen LogP contribution in [0.4, 0.5) is 17.1 Å². The lowest BCUT2D eigenvalue weighted by atomic mass is 9.89. The molecule has 1 aliphatic rings. The van der Waals surface area contributed by atoms with Crippen molar-refractivity contribution in [1.82, 2.24) is 9.97 Å². The Balaban J connectivity index is 1.78. The summed E-state index contributed by atoms with van der Waals surface area (Å²) in [7, 11) is -2.26. The van der Waals surface area contributed by atoms with Crippen molar-refractivity contribution in [2.45, 2.75) is 51.2 Å². The fraction of sp³-hybridized carbons (Fsp3) is 0.500. The molecule has 2 aromatic rings. The minimum Gasteiger partial charge on any atom is -0.432 e. The van der Waals surface area contributed by atoms with Gasteiger partial charge in [-0.3, -0.25) is 9.78 Å². The molecule has 7 nitrogen and oxygen atoms in total. The van der Waals surface area contributed by atoms with Crippen LogP contribution in [0.15, 0.2) is 35.2 Å². The third-order valence-corrected chi connectivity index (χ3v) is 10.4. The molecule has 1 saturated heterocycles. The third-order valence-electron chi connectivity index (χ3n) is 6.47. The van der Waals surface area contributed by atoms with Crippen LogP contribution in [0.25, 0.3) is 0 Å². The van der Waals surface area contributed by atoms with E-state index in [9.17, 15) is 9.59 Å². The number of anilines is 3. The van der Waals surface area contributed by atoms with Gasteiger partial charge in [-0.1, -0.05) is 13.8 Å². The number of carbonyl (C=O) groups is 1. The number of pyridine rings is 2. The first-order valence-corrected chi connectivity index (χ1v) is 14.4. The van der Waals surface area contributed by atoms with Gasteiger partial charge < -0.3 is 20.7 Å². The van der Waals surface area contributed by atoms with Crippen LogP contribution in [0.2, 0.25) is 18.1 Å². The number of piperidine rings is 1. The number of hydrogen-bond acceptors (Lipinski definition) is 6. The van der Waals surface area contributed by atoms with Crippen molar-refractivity contribution < 1.29 is 9.59 Å². The average molecular weight is 507 g/mol. The molecule has 1 fully saturated rings. The Morgan fingerprint density at radius 2 is 2.13 bits per heavy atom. The van der Waals surface area contributed by atoms with E-state index in [1.807, 2.05) is 19.2 Å². The first-order valence-electron chi connectivity index (χ1n) is 10.6. The predicted octanol–water partition coefficient (Wildman–Crippen LogP) is 4.66. The predicted molar refractivity (Wildman–Crippen MR) is 132 cm³/mol. The van der Waals surface area contributed by atoms with Crippen molar-refractivity contribution in [1.29, 1.82) is 0 Å². The molecule has 3 heterocycles. The molecule has 1 unspecified atom stereocenters. The molecular formula is C22H32BrN5O2Si. The van der Waals surface area contributed by atoms with Gasteiger partial charge in [-0.2, -0.15) is 0 Å². The first-order chi connectivity index (χ1) is 14.5. The van der Waals surface area contributed by atoms with Crippen molar-refractivity contribution in [2.75, 3.05) is 29.0 Å². The molecule has 168 valence electrons. The van der Waals surface area contributed by atoms with Gasteiger partial charge >= 0.3 is 0 Å². The van der Waals surface area contributed by atoms with Crippen LogP contribution in [-0.2, 0) is 0 Å². The molecule has 0 spiro atoms. The molecular weight excluding hydrogens is 474 g/mol. The summed E-state index contributed by atoms with van der Waals surface area (Å²) in [6, 6.07) is 5.29. The summed E-state index contributed by atoms with van der Waals surface area (Å²) < 4.78 is 0.551. The average Bonchev–Trinajstić information content (AvgIpc) is 2.69. The smallest absolute Gasteiger partial charge is 0.276 e. The number of amides is 1. The second-order valence-corrected chi connectivity index (χ2v) is 14.8. The maximum Gasteiger partial charge on any atom is 0.276 e. The third kappa shape index (κ3) is 5.64. The van der Waals surface area contributed by atoms with Crippen LogP contribution in [-0.4, -0.2) is 42.1 Å². The normalized spacial score (nSPS) is 17.5. The molecule has 1 amide bonds. The quantitative estimate of drug-likeness (QED) is 0.389. The summed E-state index contributed by atoms with van der Waals surface area (Å²) in [5.41, 5.74) is 8.04. The van der Waals surface area contributed by atoms with Gasteiger partial charge in [0.05, 0.1) is 23.3 Å². The molecule has 9 heteroatoms. The molecule has 0 aromatic carbocycles. The molecule has 31 heavy (non-hydrogen) atoms. The standard InChI is InChI=1S/C22H32BrN5O2Si/c1-22(2,31(3,4)30)12-15-6-5-11-28(14-15)18-9-10-25-13-17(18)26-21(29)20-16(24)7-8-19(23)27-20/h7-10,13,15,30H,5-6,11-12,14,24H2,1-4H3,(H,26,29). The van der Waals surface area contributed by atoms with Crippen LogP contribution >= 0.6 is 15.9 Å². The van der Waals surface area contributed by atoms with E-state index in [4.69, 9.17) is 5.73 Å². The van der Waals surface area contributed by atoms with Crippen molar-refractivity contribution in [3.05, 3.63) is 40.9 Å². The SMILES string of the molecule is CC(C)(CC1CCCN(c2ccncc2NC(=O)c2nc(Br)ccc2N)C1)[Si](C)(C)O. The second-order valence-electron chi connectivity index (χ2n) is 9.52. The molecule has 4 N–H and O–H groups in total. The number of rotatable bonds is 6. The van der Waals surface area contributed by atoms with Crippen molar-refractivity contribution in [2.24, 2.45) is 5.92 Å². The van der Waals surface area contributed by atoms with Gasteiger partial charge in [0.1, 0.15) is 4.60 Å². The van der Waals surface area contributed by atoms with Gasteiger partial charge in [-0.05, 0) is 77.4 Å². The maximum atomic E-state index is 12.8. The van der Waals surface area contributed by atoms with Crippen LogP contribution in [0.5, 0.6) is 0 Å². The Hall–Kier alpha value is -1.97. The summed E-state index contributed by atoms with van der Waals surface area (Å²) >= 11 is 3.29. The Kier molecular flexibility index (Phi) is 7.07. The molecule has 0 radical (unpaired) electrons. The molecule has 3 rings (SSSR count). The number of nitrogen functional groups attached to an aromatic ring is 1. The van der Waals surface area contributed by atoms with E-state index in [0.717, 1.165) is 38.0 Å². The number of hydrogen-bond donors (Lipinski definition) is 3. The van der Waals surface area contributed by atoms with E-state index >= 15 is 0 Å². The van der Waals surface area contributed by atoms with Gasteiger partial charge in [0.2, 0.25) is 0 Å². The number of nitrogens with one attached hydrogen (secondary N) is 1. The van der Waals surface area contributed by atoms with Crippen LogP contribution in [0.1, 0.15) is 43.6 Å². The van der Waals surface area contributed by atoms with Crippen LogP contribution in [0, 0.1) is 5.92 Å². The zero-order valence-corrected chi connectivity index (χ0v) is 21.2. The number of aromatic nitrogens is 2. The zero-order valence-electron chi connectivity index (χ0n) is 18.7. The van der Waals surface area contributed by atoms with E-state index in [1.165, 1.54) is 0 Å².